The van der Waals surface area contributed by atoms with Crippen LogP contribution < -0.4 is 10.5 Å². The SMILES string of the molecule is Nc1cc(Cl)c(F)c(S(=O)(=O)NC2(CO)CCC2)c1. The highest BCUT2D eigenvalue weighted by Gasteiger charge is 2.41. The molecule has 4 N–H and O–H groups in total. The summed E-state index contributed by atoms with van der Waals surface area (Å²) in [5.41, 5.74) is 4.63. The van der Waals surface area contributed by atoms with Crippen LogP contribution in [0.5, 0.6) is 0 Å². The van der Waals surface area contributed by atoms with Gasteiger partial charge in [-0.05, 0) is 31.4 Å². The second kappa shape index (κ2) is 4.90. The second-order valence-electron chi connectivity index (χ2n) is 4.71. The Morgan fingerprint density at radius 1 is 1.47 bits per heavy atom. The topological polar surface area (TPSA) is 92.4 Å². The Hall–Kier alpha value is -0.890. The van der Waals surface area contributed by atoms with Crippen LogP contribution in [0.4, 0.5) is 10.1 Å². The average Bonchev–Trinajstić information content (AvgIpc) is 2.28. The first kappa shape index (κ1) is 14.5. The van der Waals surface area contributed by atoms with E-state index in [-0.39, 0.29) is 17.3 Å². The van der Waals surface area contributed by atoms with Gasteiger partial charge in [0.2, 0.25) is 10.0 Å². The van der Waals surface area contributed by atoms with Crippen LogP contribution in [-0.4, -0.2) is 25.7 Å². The van der Waals surface area contributed by atoms with Gasteiger partial charge in [-0.25, -0.2) is 17.5 Å². The van der Waals surface area contributed by atoms with Crippen LogP contribution in [-0.2, 0) is 10.0 Å². The maximum atomic E-state index is 13.8. The fourth-order valence-electron chi connectivity index (χ4n) is 2.02. The van der Waals surface area contributed by atoms with E-state index in [0.29, 0.717) is 12.8 Å². The van der Waals surface area contributed by atoms with E-state index in [1.807, 2.05) is 0 Å². The quantitative estimate of drug-likeness (QED) is 0.730. The molecule has 1 aromatic carbocycles. The lowest BCUT2D eigenvalue weighted by Gasteiger charge is -2.40. The Morgan fingerprint density at radius 3 is 2.58 bits per heavy atom. The van der Waals surface area contributed by atoms with Gasteiger partial charge in [0.05, 0.1) is 17.2 Å². The lowest BCUT2D eigenvalue weighted by atomic mass is 9.78. The zero-order chi connectivity index (χ0) is 14.3. The van der Waals surface area contributed by atoms with Crippen molar-refractivity contribution in [3.63, 3.8) is 0 Å². The zero-order valence-electron chi connectivity index (χ0n) is 9.99. The Labute approximate surface area is 115 Å². The predicted octanol–water partition coefficient (Wildman–Crippen LogP) is 1.25. The molecule has 19 heavy (non-hydrogen) atoms. The molecule has 0 aromatic heterocycles. The van der Waals surface area contributed by atoms with E-state index < -0.39 is 26.3 Å². The average molecular weight is 309 g/mol. The molecule has 0 aliphatic heterocycles. The van der Waals surface area contributed by atoms with Gasteiger partial charge in [0, 0.05) is 5.69 Å². The van der Waals surface area contributed by atoms with Gasteiger partial charge in [-0.3, -0.25) is 0 Å². The molecule has 0 unspecified atom stereocenters. The molecule has 0 amide bonds. The molecular formula is C11H14ClFN2O3S. The van der Waals surface area contributed by atoms with Gasteiger partial charge in [0.25, 0.3) is 0 Å². The van der Waals surface area contributed by atoms with Gasteiger partial charge in [-0.15, -0.1) is 0 Å². The normalized spacial score (nSPS) is 18.1. The third kappa shape index (κ3) is 2.69. The Bertz CT molecular complexity index is 597. The first-order valence-electron chi connectivity index (χ1n) is 5.69. The summed E-state index contributed by atoms with van der Waals surface area (Å²) in [7, 11) is -4.12. The minimum Gasteiger partial charge on any atom is -0.399 e. The molecule has 0 heterocycles. The van der Waals surface area contributed by atoms with Gasteiger partial charge in [-0.1, -0.05) is 11.6 Å². The van der Waals surface area contributed by atoms with Crippen LogP contribution in [0.2, 0.25) is 5.02 Å². The summed E-state index contributed by atoms with van der Waals surface area (Å²) in [6.45, 7) is -0.329. The van der Waals surface area contributed by atoms with Crippen molar-refractivity contribution in [3.8, 4) is 0 Å². The highest BCUT2D eigenvalue weighted by atomic mass is 35.5. The number of rotatable bonds is 4. The minimum absolute atomic E-state index is 0.0541. The molecule has 5 nitrogen and oxygen atoms in total. The molecule has 0 spiro atoms. The molecule has 1 fully saturated rings. The molecular weight excluding hydrogens is 295 g/mol. The van der Waals surface area contributed by atoms with Crippen molar-refractivity contribution in [2.75, 3.05) is 12.3 Å². The third-order valence-corrected chi connectivity index (χ3v) is 5.12. The number of nitrogen functional groups attached to an aromatic ring is 1. The fourth-order valence-corrected chi connectivity index (χ4v) is 3.88. The van der Waals surface area contributed by atoms with E-state index in [0.717, 1.165) is 18.6 Å². The van der Waals surface area contributed by atoms with Gasteiger partial charge in [-0.2, -0.15) is 0 Å². The first-order valence-corrected chi connectivity index (χ1v) is 7.55. The third-order valence-electron chi connectivity index (χ3n) is 3.27. The summed E-state index contributed by atoms with van der Waals surface area (Å²) in [5, 5.41) is 8.90. The number of hydrogen-bond acceptors (Lipinski definition) is 4. The molecule has 1 aromatic rings. The van der Waals surface area contributed by atoms with Gasteiger partial charge < -0.3 is 10.8 Å². The zero-order valence-corrected chi connectivity index (χ0v) is 11.6. The summed E-state index contributed by atoms with van der Waals surface area (Å²) in [4.78, 5) is -0.600. The Morgan fingerprint density at radius 2 is 2.11 bits per heavy atom. The van der Waals surface area contributed by atoms with Crippen LogP contribution in [0.25, 0.3) is 0 Å². The monoisotopic (exact) mass is 308 g/mol. The summed E-state index contributed by atoms with van der Waals surface area (Å²) in [6, 6.07) is 2.15. The second-order valence-corrected chi connectivity index (χ2v) is 6.77. The van der Waals surface area contributed by atoms with Crippen molar-refractivity contribution in [3.05, 3.63) is 23.0 Å². The number of benzene rings is 1. The standard InChI is InChI=1S/C11H14ClFN2O3S/c12-8-4-7(14)5-9(10(8)13)19(17,18)15-11(6-16)2-1-3-11/h4-5,15-16H,1-3,6,14H2. The highest BCUT2D eigenvalue weighted by Crippen LogP contribution is 2.34. The number of hydrogen-bond donors (Lipinski definition) is 3. The summed E-state index contributed by atoms with van der Waals surface area (Å²) >= 11 is 5.58. The maximum absolute atomic E-state index is 13.8. The van der Waals surface area contributed by atoms with Gasteiger partial charge in [0.15, 0.2) is 5.82 Å². The van der Waals surface area contributed by atoms with Crippen LogP contribution in [0.15, 0.2) is 17.0 Å². The van der Waals surface area contributed by atoms with Crippen molar-refractivity contribution >= 4 is 27.3 Å². The largest absolute Gasteiger partial charge is 0.399 e. The number of halogens is 2. The lowest BCUT2D eigenvalue weighted by Crippen LogP contribution is -2.56. The van der Waals surface area contributed by atoms with Crippen LogP contribution in [0, 0.1) is 5.82 Å². The van der Waals surface area contributed by atoms with Crippen molar-refractivity contribution in [1.82, 2.24) is 4.72 Å². The molecule has 1 aliphatic rings. The maximum Gasteiger partial charge on any atom is 0.244 e. The molecule has 8 heteroatoms. The molecule has 0 atom stereocenters. The van der Waals surface area contributed by atoms with Crippen molar-refractivity contribution in [1.29, 1.82) is 0 Å². The number of nitrogens with two attached hydrogens (primary N) is 1. The summed E-state index contributed by atoms with van der Waals surface area (Å²) < 4.78 is 40.4. The van der Waals surface area contributed by atoms with Crippen LogP contribution in [0.3, 0.4) is 0 Å². The highest BCUT2D eigenvalue weighted by molar-refractivity contribution is 7.89. The van der Waals surface area contributed by atoms with Crippen LogP contribution >= 0.6 is 11.6 Å². The molecule has 106 valence electrons. The van der Waals surface area contributed by atoms with E-state index in [9.17, 15) is 17.9 Å². The van der Waals surface area contributed by atoms with E-state index in [4.69, 9.17) is 17.3 Å². The number of sulfonamides is 1. The predicted molar refractivity (Wildman–Crippen MR) is 69.8 cm³/mol. The number of anilines is 1. The fraction of sp³-hybridized carbons (Fsp3) is 0.455. The molecule has 0 radical (unpaired) electrons. The molecule has 1 saturated carbocycles. The first-order chi connectivity index (χ1) is 8.80. The number of aliphatic hydroxyl groups is 1. The van der Waals surface area contributed by atoms with Crippen molar-refractivity contribution in [2.45, 2.75) is 29.7 Å². The van der Waals surface area contributed by atoms with E-state index in [1.165, 1.54) is 0 Å². The van der Waals surface area contributed by atoms with Gasteiger partial charge in [0.1, 0.15) is 4.90 Å². The van der Waals surface area contributed by atoms with E-state index in [1.54, 1.807) is 0 Å². The summed E-state index contributed by atoms with van der Waals surface area (Å²) in [5.74, 6) is -1.05. The van der Waals surface area contributed by atoms with E-state index >= 15 is 0 Å². The van der Waals surface area contributed by atoms with E-state index in [2.05, 4.69) is 4.72 Å². The van der Waals surface area contributed by atoms with Crippen LogP contribution in [0.1, 0.15) is 19.3 Å². The smallest absolute Gasteiger partial charge is 0.244 e. The molecule has 0 saturated heterocycles. The Kier molecular flexibility index (Phi) is 3.74. The number of nitrogens with one attached hydrogen (secondary N) is 1. The minimum atomic E-state index is -4.12. The van der Waals surface area contributed by atoms with Crippen molar-refractivity contribution < 1.29 is 17.9 Å². The molecule has 0 bridgehead atoms. The molecule has 2 rings (SSSR count). The number of aliphatic hydroxyl groups excluding tert-OH is 1. The Balaban J connectivity index is 2.40. The van der Waals surface area contributed by atoms with Crippen molar-refractivity contribution in [2.24, 2.45) is 0 Å². The molecule has 1 aliphatic carbocycles. The lowest BCUT2D eigenvalue weighted by molar-refractivity contribution is 0.110. The van der Waals surface area contributed by atoms with Gasteiger partial charge >= 0.3 is 0 Å². The summed E-state index contributed by atoms with van der Waals surface area (Å²) in [6.07, 6.45) is 1.84.